The molecule has 1 aromatic carbocycles. The fourth-order valence-electron chi connectivity index (χ4n) is 3.60. The number of methoxy groups -OCH3 is 2. The van der Waals surface area contributed by atoms with E-state index in [0.717, 1.165) is 31.2 Å². The first-order chi connectivity index (χ1) is 12.5. The molecule has 154 valence electrons. The van der Waals surface area contributed by atoms with Crippen molar-refractivity contribution < 1.29 is 14.6 Å². The van der Waals surface area contributed by atoms with Crippen LogP contribution in [0.15, 0.2) is 23.2 Å². The highest BCUT2D eigenvalue weighted by Gasteiger charge is 2.24. The molecular formula is C20H34IN3O3. The van der Waals surface area contributed by atoms with Crippen molar-refractivity contribution >= 4 is 29.9 Å². The van der Waals surface area contributed by atoms with E-state index in [9.17, 15) is 5.11 Å². The molecule has 1 aromatic rings. The van der Waals surface area contributed by atoms with Gasteiger partial charge in [0.15, 0.2) is 17.5 Å². The molecule has 1 aliphatic rings. The number of likely N-dealkylation sites (tertiary alicyclic amines) is 1. The van der Waals surface area contributed by atoms with Crippen molar-refractivity contribution in [1.29, 1.82) is 0 Å². The molecule has 0 aromatic heterocycles. The average Bonchev–Trinajstić information content (AvgIpc) is 2.63. The normalized spacial score (nSPS) is 21.3. The molecule has 0 aliphatic carbocycles. The van der Waals surface area contributed by atoms with E-state index >= 15 is 0 Å². The molecule has 6 nitrogen and oxygen atoms in total. The van der Waals surface area contributed by atoms with Crippen molar-refractivity contribution in [2.75, 3.05) is 40.4 Å². The molecule has 7 heteroatoms. The second-order valence-electron chi connectivity index (χ2n) is 7.18. The number of hydrogen-bond acceptors (Lipinski definition) is 4. The molecule has 3 atom stereocenters. The third-order valence-corrected chi connectivity index (χ3v) is 4.71. The fraction of sp³-hybridized carbons (Fsp3) is 0.650. The number of aliphatic hydroxyl groups is 1. The summed E-state index contributed by atoms with van der Waals surface area (Å²) in [5.41, 5.74) is 0.766. The van der Waals surface area contributed by atoms with Gasteiger partial charge in [0.2, 0.25) is 0 Å². The van der Waals surface area contributed by atoms with Gasteiger partial charge in [-0.3, -0.25) is 4.99 Å². The Kier molecular flexibility index (Phi) is 10.2. The summed E-state index contributed by atoms with van der Waals surface area (Å²) in [4.78, 5) is 7.00. The fourth-order valence-corrected chi connectivity index (χ4v) is 3.60. The first kappa shape index (κ1) is 23.8. The van der Waals surface area contributed by atoms with E-state index in [1.54, 1.807) is 26.4 Å². The lowest BCUT2D eigenvalue weighted by Gasteiger charge is -2.37. The lowest BCUT2D eigenvalue weighted by atomic mass is 9.92. The van der Waals surface area contributed by atoms with Crippen LogP contribution < -0.4 is 14.8 Å². The molecule has 1 heterocycles. The van der Waals surface area contributed by atoms with Crippen LogP contribution >= 0.6 is 24.0 Å². The number of nitrogens with one attached hydrogen (secondary N) is 1. The van der Waals surface area contributed by atoms with Crippen LogP contribution in [-0.2, 0) is 0 Å². The number of halogens is 1. The van der Waals surface area contributed by atoms with E-state index in [1.807, 2.05) is 6.07 Å². The third-order valence-electron chi connectivity index (χ3n) is 4.71. The smallest absolute Gasteiger partial charge is 0.194 e. The molecule has 0 amide bonds. The lowest BCUT2D eigenvalue weighted by Crippen LogP contribution is -2.48. The molecule has 3 unspecified atom stereocenters. The van der Waals surface area contributed by atoms with Crippen molar-refractivity contribution in [3.05, 3.63) is 23.8 Å². The van der Waals surface area contributed by atoms with Crippen LogP contribution in [-0.4, -0.2) is 56.4 Å². The second kappa shape index (κ2) is 11.6. The molecule has 27 heavy (non-hydrogen) atoms. The Bertz CT molecular complexity index is 602. The van der Waals surface area contributed by atoms with Gasteiger partial charge in [0.05, 0.1) is 26.9 Å². The molecule has 2 rings (SSSR count). The molecule has 0 spiro atoms. The van der Waals surface area contributed by atoms with E-state index in [4.69, 9.17) is 9.47 Å². The monoisotopic (exact) mass is 491 g/mol. The Morgan fingerprint density at radius 3 is 2.41 bits per heavy atom. The standard InChI is InChI=1S/C20H33N3O3.HI/c1-6-21-20(23-12-14(2)9-15(3)13-23)22-11-17(24)16-7-8-18(25-4)19(10-16)26-5;/h7-8,10,14-15,17,24H,6,9,11-13H2,1-5H3,(H,21,22);1H. The van der Waals surface area contributed by atoms with Gasteiger partial charge in [-0.05, 0) is 42.9 Å². The number of nitrogens with zero attached hydrogens (tertiary/aromatic N) is 2. The second-order valence-corrected chi connectivity index (χ2v) is 7.18. The summed E-state index contributed by atoms with van der Waals surface area (Å²) in [6.45, 7) is 9.75. The van der Waals surface area contributed by atoms with Gasteiger partial charge in [-0.25, -0.2) is 0 Å². The van der Waals surface area contributed by atoms with Crippen LogP contribution in [0, 0.1) is 11.8 Å². The lowest BCUT2D eigenvalue weighted by molar-refractivity contribution is 0.183. The van der Waals surface area contributed by atoms with Crippen molar-refractivity contribution in [2.45, 2.75) is 33.3 Å². The van der Waals surface area contributed by atoms with Gasteiger partial charge >= 0.3 is 0 Å². The quantitative estimate of drug-likeness (QED) is 0.363. The Hall–Kier alpha value is -1.22. The van der Waals surface area contributed by atoms with Crippen LogP contribution in [0.2, 0.25) is 0 Å². The van der Waals surface area contributed by atoms with Crippen LogP contribution in [0.25, 0.3) is 0 Å². The Labute approximate surface area is 180 Å². The highest BCUT2D eigenvalue weighted by molar-refractivity contribution is 14.0. The number of aliphatic hydroxyl groups excluding tert-OH is 1. The van der Waals surface area contributed by atoms with Gasteiger partial charge in [-0.15, -0.1) is 24.0 Å². The molecule has 1 fully saturated rings. The molecule has 2 N–H and O–H groups in total. The van der Waals surface area contributed by atoms with Gasteiger partial charge in [-0.1, -0.05) is 19.9 Å². The summed E-state index contributed by atoms with van der Waals surface area (Å²) in [5, 5.41) is 13.9. The minimum Gasteiger partial charge on any atom is -0.493 e. The Balaban J connectivity index is 0.00000364. The zero-order chi connectivity index (χ0) is 19.1. The summed E-state index contributed by atoms with van der Waals surface area (Å²) in [6.07, 6.45) is 0.563. The first-order valence-corrected chi connectivity index (χ1v) is 9.41. The largest absolute Gasteiger partial charge is 0.493 e. The van der Waals surface area contributed by atoms with E-state index < -0.39 is 6.10 Å². The van der Waals surface area contributed by atoms with Crippen molar-refractivity contribution in [3.63, 3.8) is 0 Å². The molecule has 1 aliphatic heterocycles. The zero-order valence-electron chi connectivity index (χ0n) is 17.1. The van der Waals surface area contributed by atoms with Crippen LogP contribution in [0.5, 0.6) is 11.5 Å². The summed E-state index contributed by atoms with van der Waals surface area (Å²) in [7, 11) is 3.19. The number of rotatable bonds is 6. The maximum atomic E-state index is 10.6. The maximum absolute atomic E-state index is 10.6. The van der Waals surface area contributed by atoms with Crippen molar-refractivity contribution in [1.82, 2.24) is 10.2 Å². The first-order valence-electron chi connectivity index (χ1n) is 9.41. The predicted molar refractivity (Wildman–Crippen MR) is 120 cm³/mol. The molecule has 0 radical (unpaired) electrons. The summed E-state index contributed by atoms with van der Waals surface area (Å²) in [5.74, 6) is 3.44. The van der Waals surface area contributed by atoms with Gasteiger partial charge < -0.3 is 24.8 Å². The highest BCUT2D eigenvalue weighted by atomic mass is 127. The van der Waals surface area contributed by atoms with Crippen LogP contribution in [0.1, 0.15) is 38.9 Å². The topological polar surface area (TPSA) is 66.3 Å². The summed E-state index contributed by atoms with van der Waals surface area (Å²) >= 11 is 0. The number of hydrogen-bond donors (Lipinski definition) is 2. The van der Waals surface area contributed by atoms with Gasteiger partial charge in [-0.2, -0.15) is 0 Å². The van der Waals surface area contributed by atoms with E-state index in [0.29, 0.717) is 29.9 Å². The number of ether oxygens (including phenoxy) is 2. The summed E-state index contributed by atoms with van der Waals surface area (Å²) in [6, 6.07) is 5.46. The van der Waals surface area contributed by atoms with Gasteiger partial charge in [0.1, 0.15) is 0 Å². The number of piperidine rings is 1. The number of aliphatic imine (C=N–C) groups is 1. The van der Waals surface area contributed by atoms with E-state index in [2.05, 4.69) is 36.0 Å². The minimum absolute atomic E-state index is 0. The van der Waals surface area contributed by atoms with Gasteiger partial charge in [0.25, 0.3) is 0 Å². The van der Waals surface area contributed by atoms with Crippen molar-refractivity contribution in [3.8, 4) is 11.5 Å². The van der Waals surface area contributed by atoms with Crippen LogP contribution in [0.4, 0.5) is 0 Å². The SMILES string of the molecule is CCNC(=NCC(O)c1ccc(OC)c(OC)c1)N1CC(C)CC(C)C1.I. The summed E-state index contributed by atoms with van der Waals surface area (Å²) < 4.78 is 10.6. The Morgan fingerprint density at radius 2 is 1.85 bits per heavy atom. The molecule has 0 saturated carbocycles. The number of benzene rings is 1. The third kappa shape index (κ3) is 6.71. The average molecular weight is 491 g/mol. The minimum atomic E-state index is -0.692. The molecule has 0 bridgehead atoms. The van der Waals surface area contributed by atoms with E-state index in [1.165, 1.54) is 6.42 Å². The van der Waals surface area contributed by atoms with Gasteiger partial charge in [0, 0.05) is 19.6 Å². The maximum Gasteiger partial charge on any atom is 0.194 e. The van der Waals surface area contributed by atoms with E-state index in [-0.39, 0.29) is 24.0 Å². The zero-order valence-corrected chi connectivity index (χ0v) is 19.4. The highest BCUT2D eigenvalue weighted by Crippen LogP contribution is 2.30. The molecular weight excluding hydrogens is 457 g/mol. The number of guanidine groups is 1. The Morgan fingerprint density at radius 1 is 1.22 bits per heavy atom. The van der Waals surface area contributed by atoms with Crippen LogP contribution in [0.3, 0.4) is 0 Å². The molecule has 1 saturated heterocycles. The van der Waals surface area contributed by atoms with Crippen molar-refractivity contribution in [2.24, 2.45) is 16.8 Å². The predicted octanol–water partition coefficient (Wildman–Crippen LogP) is 3.30.